The number of hydrogen-bond acceptors (Lipinski definition) is 2. The summed E-state index contributed by atoms with van der Waals surface area (Å²) >= 11 is 3.79. The Morgan fingerprint density at radius 3 is 2.76 bits per heavy atom. The van der Waals surface area contributed by atoms with Crippen molar-refractivity contribution >= 4 is 37.7 Å². The highest BCUT2D eigenvalue weighted by atomic mass is 79.9. The summed E-state index contributed by atoms with van der Waals surface area (Å²) in [5.41, 5.74) is 3.14. The van der Waals surface area contributed by atoms with Crippen molar-refractivity contribution in [1.82, 2.24) is 9.55 Å². The molecule has 0 unspecified atom stereocenters. The number of fused-ring (bicyclic) bond motifs is 2. The molecule has 0 amide bonds. The molecular formula is C21H17BrN2O. The number of methoxy groups -OCH3 is 1. The zero-order valence-corrected chi connectivity index (χ0v) is 15.5. The van der Waals surface area contributed by atoms with E-state index in [9.17, 15) is 0 Å². The average molecular weight is 393 g/mol. The molecule has 0 saturated carbocycles. The van der Waals surface area contributed by atoms with Gasteiger partial charge in [-0.05, 0) is 51.6 Å². The molecule has 0 N–H and O–H groups in total. The molecule has 3 nitrogen and oxygen atoms in total. The molecule has 4 aromatic rings. The minimum Gasteiger partial charge on any atom is -0.497 e. The number of rotatable bonds is 4. The number of nitrogens with zero attached hydrogens (tertiary/aromatic N) is 2. The summed E-state index contributed by atoms with van der Waals surface area (Å²) in [5, 5.41) is 2.26. The second-order valence-corrected chi connectivity index (χ2v) is 6.63. The van der Waals surface area contributed by atoms with Crippen molar-refractivity contribution in [2.75, 3.05) is 7.11 Å². The van der Waals surface area contributed by atoms with Gasteiger partial charge in [-0.3, -0.25) is 0 Å². The van der Waals surface area contributed by atoms with Gasteiger partial charge in [-0.15, -0.1) is 6.58 Å². The minimum absolute atomic E-state index is 0.707. The first-order valence-corrected chi connectivity index (χ1v) is 8.85. The Labute approximate surface area is 154 Å². The number of imidazole rings is 1. The SMILES string of the molecule is C=CCn1c(-c2ccc3ccc(OC)cc3c2Br)nc2ccccc21. The van der Waals surface area contributed by atoms with Crippen LogP contribution in [0.15, 0.2) is 71.7 Å². The predicted octanol–water partition coefficient (Wildman–Crippen LogP) is 5.81. The molecule has 0 aliphatic heterocycles. The minimum atomic E-state index is 0.707. The smallest absolute Gasteiger partial charge is 0.142 e. The van der Waals surface area contributed by atoms with Crippen molar-refractivity contribution in [1.29, 1.82) is 0 Å². The molecule has 1 heterocycles. The number of para-hydroxylation sites is 2. The van der Waals surface area contributed by atoms with Crippen LogP contribution in [0.4, 0.5) is 0 Å². The zero-order valence-electron chi connectivity index (χ0n) is 13.9. The van der Waals surface area contributed by atoms with Gasteiger partial charge >= 0.3 is 0 Å². The summed E-state index contributed by atoms with van der Waals surface area (Å²) in [4.78, 5) is 4.87. The maximum atomic E-state index is 5.38. The second-order valence-electron chi connectivity index (χ2n) is 5.84. The zero-order chi connectivity index (χ0) is 17.4. The number of halogens is 1. The van der Waals surface area contributed by atoms with Gasteiger partial charge in [0.05, 0.1) is 18.1 Å². The average Bonchev–Trinajstić information content (AvgIpc) is 3.01. The third-order valence-electron chi connectivity index (χ3n) is 4.37. The maximum Gasteiger partial charge on any atom is 0.142 e. The van der Waals surface area contributed by atoms with Gasteiger partial charge in [0, 0.05) is 22.0 Å². The normalized spacial score (nSPS) is 11.1. The maximum absolute atomic E-state index is 5.38. The van der Waals surface area contributed by atoms with Crippen molar-refractivity contribution in [3.8, 4) is 17.1 Å². The molecule has 4 heteroatoms. The molecule has 0 bridgehead atoms. The first-order chi connectivity index (χ1) is 12.2. The van der Waals surface area contributed by atoms with Crippen molar-refractivity contribution in [3.63, 3.8) is 0 Å². The first kappa shape index (κ1) is 15.9. The van der Waals surface area contributed by atoms with Gasteiger partial charge in [-0.25, -0.2) is 4.98 Å². The lowest BCUT2D eigenvalue weighted by Crippen LogP contribution is -1.99. The van der Waals surface area contributed by atoms with Crippen LogP contribution in [-0.4, -0.2) is 16.7 Å². The van der Waals surface area contributed by atoms with E-state index in [1.165, 1.54) is 0 Å². The molecule has 0 atom stereocenters. The Bertz CT molecular complexity index is 1100. The van der Waals surface area contributed by atoms with E-state index in [2.05, 4.69) is 51.3 Å². The van der Waals surface area contributed by atoms with Crippen LogP contribution in [0.3, 0.4) is 0 Å². The summed E-state index contributed by atoms with van der Waals surface area (Å²) in [6.07, 6.45) is 1.90. The van der Waals surface area contributed by atoms with E-state index in [4.69, 9.17) is 9.72 Å². The topological polar surface area (TPSA) is 27.1 Å². The highest BCUT2D eigenvalue weighted by Crippen LogP contribution is 2.37. The lowest BCUT2D eigenvalue weighted by molar-refractivity contribution is 0.415. The van der Waals surface area contributed by atoms with E-state index in [1.54, 1.807) is 7.11 Å². The predicted molar refractivity (Wildman–Crippen MR) is 107 cm³/mol. The van der Waals surface area contributed by atoms with Gasteiger partial charge in [-0.1, -0.05) is 30.3 Å². The molecule has 3 aromatic carbocycles. The van der Waals surface area contributed by atoms with Crippen molar-refractivity contribution in [3.05, 3.63) is 71.7 Å². The second kappa shape index (κ2) is 6.37. The monoisotopic (exact) mass is 392 g/mol. The number of benzene rings is 3. The van der Waals surface area contributed by atoms with Gasteiger partial charge in [0.25, 0.3) is 0 Å². The van der Waals surface area contributed by atoms with Gasteiger partial charge in [0.1, 0.15) is 11.6 Å². The third kappa shape index (κ3) is 2.63. The lowest BCUT2D eigenvalue weighted by atomic mass is 10.1. The standard InChI is InChI=1S/C21H17BrN2O/c1-3-12-24-19-7-5-4-6-18(19)23-21(24)16-11-9-14-8-10-15(25-2)13-17(14)20(16)22/h3-11,13H,1,12H2,2H3. The molecule has 0 aliphatic carbocycles. The van der Waals surface area contributed by atoms with Crippen LogP contribution < -0.4 is 4.74 Å². The number of ether oxygens (including phenoxy) is 1. The Morgan fingerprint density at radius 1 is 1.16 bits per heavy atom. The Kier molecular flexibility index (Phi) is 4.06. The van der Waals surface area contributed by atoms with Crippen molar-refractivity contribution in [2.24, 2.45) is 0 Å². The number of aromatic nitrogens is 2. The van der Waals surface area contributed by atoms with Gasteiger partial charge in [0.2, 0.25) is 0 Å². The van der Waals surface area contributed by atoms with Crippen LogP contribution in [0.1, 0.15) is 0 Å². The highest BCUT2D eigenvalue weighted by molar-refractivity contribution is 9.10. The highest BCUT2D eigenvalue weighted by Gasteiger charge is 2.16. The van der Waals surface area contributed by atoms with Gasteiger partial charge < -0.3 is 9.30 Å². The van der Waals surface area contributed by atoms with Gasteiger partial charge in [0.15, 0.2) is 0 Å². The third-order valence-corrected chi connectivity index (χ3v) is 5.22. The number of allylic oxidation sites excluding steroid dienone is 1. The van der Waals surface area contributed by atoms with E-state index in [1.807, 2.05) is 36.4 Å². The summed E-state index contributed by atoms with van der Waals surface area (Å²) in [7, 11) is 1.68. The van der Waals surface area contributed by atoms with E-state index in [0.29, 0.717) is 6.54 Å². The van der Waals surface area contributed by atoms with E-state index < -0.39 is 0 Å². The van der Waals surface area contributed by atoms with E-state index in [-0.39, 0.29) is 0 Å². The fourth-order valence-electron chi connectivity index (χ4n) is 3.16. The molecule has 1 aromatic heterocycles. The van der Waals surface area contributed by atoms with E-state index >= 15 is 0 Å². The number of hydrogen-bond donors (Lipinski definition) is 0. The fraction of sp³-hybridized carbons (Fsp3) is 0.0952. The van der Waals surface area contributed by atoms with Crippen LogP contribution in [0.5, 0.6) is 5.75 Å². The summed E-state index contributed by atoms with van der Waals surface area (Å²) in [5.74, 6) is 1.77. The molecule has 124 valence electrons. The van der Waals surface area contributed by atoms with Crippen molar-refractivity contribution < 1.29 is 4.74 Å². The van der Waals surface area contributed by atoms with E-state index in [0.717, 1.165) is 43.4 Å². The van der Waals surface area contributed by atoms with Crippen LogP contribution in [0, 0.1) is 0 Å². The van der Waals surface area contributed by atoms with Crippen LogP contribution in [0.25, 0.3) is 33.2 Å². The molecule has 4 rings (SSSR count). The summed E-state index contributed by atoms with van der Waals surface area (Å²) < 4.78 is 8.59. The Hall–Kier alpha value is -2.59. The molecule has 0 radical (unpaired) electrons. The van der Waals surface area contributed by atoms with Crippen LogP contribution >= 0.6 is 15.9 Å². The molecule has 25 heavy (non-hydrogen) atoms. The van der Waals surface area contributed by atoms with Crippen LogP contribution in [-0.2, 0) is 6.54 Å². The first-order valence-electron chi connectivity index (χ1n) is 8.05. The Morgan fingerprint density at radius 2 is 1.96 bits per heavy atom. The summed E-state index contributed by atoms with van der Waals surface area (Å²) in [6, 6.07) is 18.5. The quantitative estimate of drug-likeness (QED) is 0.409. The molecule has 0 aliphatic rings. The summed E-state index contributed by atoms with van der Waals surface area (Å²) in [6.45, 7) is 4.60. The van der Waals surface area contributed by atoms with Gasteiger partial charge in [-0.2, -0.15) is 0 Å². The Balaban J connectivity index is 2.01. The fourth-order valence-corrected chi connectivity index (χ4v) is 3.81. The van der Waals surface area contributed by atoms with Crippen molar-refractivity contribution in [2.45, 2.75) is 6.54 Å². The van der Waals surface area contributed by atoms with Crippen LogP contribution in [0.2, 0.25) is 0 Å². The molecule has 0 spiro atoms. The molecule has 0 saturated heterocycles. The lowest BCUT2D eigenvalue weighted by Gasteiger charge is -2.11. The largest absolute Gasteiger partial charge is 0.497 e. The molecule has 0 fully saturated rings. The molecular weight excluding hydrogens is 376 g/mol.